The summed E-state index contributed by atoms with van der Waals surface area (Å²) in [6.45, 7) is 12.9. The largest absolute Gasteiger partial charge is 0.389 e. The first-order valence-electron chi connectivity index (χ1n) is 9.68. The molecule has 25 heavy (non-hydrogen) atoms. The van der Waals surface area contributed by atoms with Gasteiger partial charge in [0, 0.05) is 17.0 Å². The Bertz CT molecular complexity index is 687. The summed E-state index contributed by atoms with van der Waals surface area (Å²) in [5.41, 5.74) is 6.97. The molecule has 0 aliphatic carbocycles. The number of unbranched alkanes of at least 4 members (excludes halogenated alkanes) is 1. The third kappa shape index (κ3) is 4.30. The second-order valence-corrected chi connectivity index (χ2v) is 7.60. The van der Waals surface area contributed by atoms with Crippen LogP contribution >= 0.6 is 0 Å². The topological polar surface area (TPSA) is 33.1 Å². The van der Waals surface area contributed by atoms with Gasteiger partial charge in [0.05, 0.1) is 6.10 Å². The van der Waals surface area contributed by atoms with Crippen LogP contribution in [0.5, 0.6) is 0 Å². The molecule has 1 aromatic heterocycles. The molecule has 0 radical (unpaired) electrons. The number of hydrogen-bond donors (Lipinski definition) is 1. The number of aliphatic hydroxyl groups excluding tert-OH is 1. The lowest BCUT2D eigenvalue weighted by atomic mass is 9.84. The van der Waals surface area contributed by atoms with Crippen molar-refractivity contribution < 1.29 is 5.11 Å². The predicted octanol–water partition coefficient (Wildman–Crippen LogP) is 6.39. The third-order valence-electron chi connectivity index (χ3n) is 4.75. The number of aromatic nitrogens is 1. The maximum atomic E-state index is 10.6. The van der Waals surface area contributed by atoms with Crippen LogP contribution in [0.1, 0.15) is 94.8 Å². The van der Waals surface area contributed by atoms with Gasteiger partial charge in [0.2, 0.25) is 0 Å². The van der Waals surface area contributed by atoms with E-state index in [0.29, 0.717) is 5.92 Å². The molecule has 1 heterocycles. The highest BCUT2D eigenvalue weighted by Crippen LogP contribution is 2.39. The molecule has 0 amide bonds. The van der Waals surface area contributed by atoms with Gasteiger partial charge in [-0.3, -0.25) is 4.98 Å². The van der Waals surface area contributed by atoms with Crippen molar-refractivity contribution in [1.82, 2.24) is 4.98 Å². The summed E-state index contributed by atoms with van der Waals surface area (Å²) in [6.07, 6.45) is 2.78. The van der Waals surface area contributed by atoms with E-state index in [4.69, 9.17) is 4.98 Å². The van der Waals surface area contributed by atoms with Gasteiger partial charge in [-0.15, -0.1) is 0 Å². The Balaban J connectivity index is 2.89. The Morgan fingerprint density at radius 3 is 2.00 bits per heavy atom. The zero-order valence-corrected chi connectivity index (χ0v) is 16.6. The number of pyridine rings is 1. The third-order valence-corrected chi connectivity index (χ3v) is 4.75. The van der Waals surface area contributed by atoms with E-state index in [0.717, 1.165) is 30.5 Å². The predicted molar refractivity (Wildman–Crippen MR) is 107 cm³/mol. The number of aliphatic hydroxyl groups is 1. The highest BCUT2D eigenvalue weighted by Gasteiger charge is 2.25. The lowest BCUT2D eigenvalue weighted by molar-refractivity contribution is 0.197. The molecular weight excluding hydrogens is 306 g/mol. The minimum atomic E-state index is -0.526. The summed E-state index contributed by atoms with van der Waals surface area (Å²) in [4.78, 5) is 5.07. The van der Waals surface area contributed by atoms with E-state index >= 15 is 0 Å². The second-order valence-electron chi connectivity index (χ2n) is 7.60. The molecule has 136 valence electrons. The molecule has 1 unspecified atom stereocenters. The van der Waals surface area contributed by atoms with E-state index in [1.165, 1.54) is 22.4 Å². The summed E-state index contributed by atoms with van der Waals surface area (Å²) >= 11 is 0. The highest BCUT2D eigenvalue weighted by molar-refractivity contribution is 5.73. The van der Waals surface area contributed by atoms with E-state index in [1.54, 1.807) is 0 Å². The maximum absolute atomic E-state index is 10.6. The monoisotopic (exact) mass is 339 g/mol. The van der Waals surface area contributed by atoms with Gasteiger partial charge in [-0.1, -0.05) is 71.4 Å². The molecule has 0 saturated carbocycles. The van der Waals surface area contributed by atoms with Gasteiger partial charge in [-0.25, -0.2) is 0 Å². The van der Waals surface area contributed by atoms with Crippen LogP contribution in [0.2, 0.25) is 0 Å². The minimum absolute atomic E-state index is 0.282. The zero-order chi connectivity index (χ0) is 18.6. The standard InChI is InChI=1S/C23H33NO/c1-7-8-14-19-21(18-12-10-9-11-13-18)20(17(6)25)23(16(4)5)24-22(19)15(2)3/h9-13,15-17,25H,7-8,14H2,1-6H3. The number of hydrogen-bond acceptors (Lipinski definition) is 2. The molecule has 1 N–H and O–H groups in total. The van der Waals surface area contributed by atoms with Crippen LogP contribution in [0.25, 0.3) is 11.1 Å². The first-order valence-corrected chi connectivity index (χ1v) is 9.68. The van der Waals surface area contributed by atoms with Gasteiger partial charge in [-0.2, -0.15) is 0 Å². The van der Waals surface area contributed by atoms with Crippen molar-refractivity contribution in [2.75, 3.05) is 0 Å². The van der Waals surface area contributed by atoms with E-state index in [1.807, 2.05) is 13.0 Å². The van der Waals surface area contributed by atoms with Gasteiger partial charge in [0.15, 0.2) is 0 Å². The van der Waals surface area contributed by atoms with Crippen LogP contribution in [0.4, 0.5) is 0 Å². The number of benzene rings is 1. The van der Waals surface area contributed by atoms with Crippen LogP contribution in [0, 0.1) is 0 Å². The SMILES string of the molecule is CCCCc1c(C(C)C)nc(C(C)C)c(C(C)O)c1-c1ccccc1. The van der Waals surface area contributed by atoms with Crippen LogP contribution in [-0.4, -0.2) is 10.1 Å². The summed E-state index contributed by atoms with van der Waals surface area (Å²) in [6, 6.07) is 10.5. The normalized spacial score (nSPS) is 12.8. The van der Waals surface area contributed by atoms with Crippen molar-refractivity contribution in [3.05, 3.63) is 52.8 Å². The van der Waals surface area contributed by atoms with Crippen molar-refractivity contribution in [1.29, 1.82) is 0 Å². The molecule has 1 aromatic carbocycles. The molecule has 0 aliphatic rings. The molecule has 2 rings (SSSR count). The summed E-state index contributed by atoms with van der Waals surface area (Å²) in [7, 11) is 0. The van der Waals surface area contributed by atoms with Crippen molar-refractivity contribution in [2.24, 2.45) is 0 Å². The number of nitrogens with zero attached hydrogens (tertiary/aromatic N) is 1. The first kappa shape index (κ1) is 19.7. The van der Waals surface area contributed by atoms with Crippen LogP contribution in [-0.2, 0) is 6.42 Å². The summed E-state index contributed by atoms with van der Waals surface area (Å²) < 4.78 is 0. The summed E-state index contributed by atoms with van der Waals surface area (Å²) in [5, 5.41) is 10.6. The first-order chi connectivity index (χ1) is 11.9. The van der Waals surface area contributed by atoms with Gasteiger partial charge in [0.25, 0.3) is 0 Å². The molecule has 1 atom stereocenters. The zero-order valence-electron chi connectivity index (χ0n) is 16.6. The van der Waals surface area contributed by atoms with Crippen LogP contribution < -0.4 is 0 Å². The Morgan fingerprint density at radius 2 is 1.52 bits per heavy atom. The molecule has 0 spiro atoms. The molecule has 0 fully saturated rings. The molecule has 0 saturated heterocycles. The Kier molecular flexibility index (Phi) is 6.78. The fourth-order valence-electron chi connectivity index (χ4n) is 3.56. The fourth-order valence-corrected chi connectivity index (χ4v) is 3.56. The van der Waals surface area contributed by atoms with Crippen molar-refractivity contribution in [3.8, 4) is 11.1 Å². The smallest absolute Gasteiger partial charge is 0.0785 e. The second kappa shape index (κ2) is 8.62. The number of rotatable bonds is 7. The molecule has 2 heteroatoms. The maximum Gasteiger partial charge on any atom is 0.0785 e. The van der Waals surface area contributed by atoms with Gasteiger partial charge < -0.3 is 5.11 Å². The van der Waals surface area contributed by atoms with Crippen LogP contribution in [0.15, 0.2) is 30.3 Å². The Hall–Kier alpha value is -1.67. The molecule has 0 bridgehead atoms. The van der Waals surface area contributed by atoms with Crippen LogP contribution in [0.3, 0.4) is 0 Å². The van der Waals surface area contributed by atoms with Crippen molar-refractivity contribution in [3.63, 3.8) is 0 Å². The van der Waals surface area contributed by atoms with Gasteiger partial charge in [0.1, 0.15) is 0 Å². The fraction of sp³-hybridized carbons (Fsp3) is 0.522. The highest BCUT2D eigenvalue weighted by atomic mass is 16.3. The summed E-state index contributed by atoms with van der Waals surface area (Å²) in [5.74, 6) is 0.652. The average molecular weight is 340 g/mol. The van der Waals surface area contributed by atoms with Gasteiger partial charge in [-0.05, 0) is 48.3 Å². The minimum Gasteiger partial charge on any atom is -0.389 e. The Morgan fingerprint density at radius 1 is 0.920 bits per heavy atom. The van der Waals surface area contributed by atoms with E-state index in [2.05, 4.69) is 58.9 Å². The quantitative estimate of drug-likeness (QED) is 0.634. The molecule has 2 aromatic rings. The van der Waals surface area contributed by atoms with Gasteiger partial charge >= 0.3 is 0 Å². The van der Waals surface area contributed by atoms with E-state index < -0.39 is 6.10 Å². The lowest BCUT2D eigenvalue weighted by Gasteiger charge is -2.26. The molecule has 0 aliphatic heterocycles. The average Bonchev–Trinajstić information content (AvgIpc) is 2.58. The molecular formula is C23H33NO. The molecule has 2 nitrogen and oxygen atoms in total. The van der Waals surface area contributed by atoms with E-state index in [-0.39, 0.29) is 5.92 Å². The Labute approximate surface area is 153 Å². The van der Waals surface area contributed by atoms with Crippen molar-refractivity contribution >= 4 is 0 Å². The van der Waals surface area contributed by atoms with E-state index in [9.17, 15) is 5.11 Å². The van der Waals surface area contributed by atoms with Crippen molar-refractivity contribution in [2.45, 2.75) is 78.7 Å². The lowest BCUT2D eigenvalue weighted by Crippen LogP contribution is -2.14.